The largest absolute Gasteiger partial charge is 0.493 e. The second kappa shape index (κ2) is 14.9. The van der Waals surface area contributed by atoms with Crippen molar-refractivity contribution in [2.24, 2.45) is 9.98 Å². The summed E-state index contributed by atoms with van der Waals surface area (Å²) in [5.41, 5.74) is 5.43. The third kappa shape index (κ3) is 7.19. The van der Waals surface area contributed by atoms with Crippen molar-refractivity contribution >= 4 is 41.6 Å². The first-order valence-corrected chi connectivity index (χ1v) is 17.2. The predicted molar refractivity (Wildman–Crippen MR) is 197 cm³/mol. The number of rotatable bonds is 11. The summed E-state index contributed by atoms with van der Waals surface area (Å²) in [6.45, 7) is 6.94. The van der Waals surface area contributed by atoms with E-state index in [0.29, 0.717) is 81.9 Å². The standard InChI is InChI=1S/C40H40N4O9/c1-6-24-9-28-17-42-33-15-37(35(49-4)13-31(33)40(47)44(28)19-24)53-21-26-8-25(10-29(11-26)51-22-38(45)50-5)20-52-36-14-32-30(12-34(36)48-3)39(46)43-18-23(2)7-27(43)16-41-32/h6,8,10-17,27-28H,2,7,9,18-22H2,1,3-5H3/b24-6+/t27-,28-/m0/s1. The minimum absolute atomic E-state index is 0.0788. The zero-order valence-electron chi connectivity index (χ0n) is 30.0. The van der Waals surface area contributed by atoms with Gasteiger partial charge in [-0.05, 0) is 61.2 Å². The molecule has 0 radical (unpaired) electrons. The number of fused-ring (bicyclic) bond motifs is 4. The molecule has 3 aromatic rings. The lowest BCUT2D eigenvalue weighted by Gasteiger charge is -2.20. The Bertz CT molecular complexity index is 2090. The summed E-state index contributed by atoms with van der Waals surface area (Å²) in [6.07, 6.45) is 7.07. The molecule has 4 aliphatic heterocycles. The molecule has 13 heteroatoms. The first-order valence-electron chi connectivity index (χ1n) is 17.2. The maximum atomic E-state index is 13.5. The van der Waals surface area contributed by atoms with Crippen molar-refractivity contribution in [3.05, 3.63) is 88.5 Å². The number of esters is 1. The Kier molecular flexibility index (Phi) is 9.90. The average molecular weight is 721 g/mol. The molecule has 0 N–H and O–H groups in total. The van der Waals surface area contributed by atoms with Gasteiger partial charge in [-0.15, -0.1) is 0 Å². The van der Waals surface area contributed by atoms with Crippen LogP contribution in [0, 0.1) is 0 Å². The van der Waals surface area contributed by atoms with E-state index in [9.17, 15) is 14.4 Å². The van der Waals surface area contributed by atoms with E-state index in [4.69, 9.17) is 28.4 Å². The second-order valence-electron chi connectivity index (χ2n) is 13.1. The van der Waals surface area contributed by atoms with E-state index in [-0.39, 0.29) is 43.7 Å². The summed E-state index contributed by atoms with van der Waals surface area (Å²) in [6, 6.07) is 11.9. The lowest BCUT2D eigenvalue weighted by molar-refractivity contribution is -0.142. The molecule has 13 nitrogen and oxygen atoms in total. The molecule has 2 fully saturated rings. The number of amides is 2. The highest BCUT2D eigenvalue weighted by Gasteiger charge is 2.36. The molecule has 0 spiro atoms. The third-order valence-corrected chi connectivity index (χ3v) is 9.66. The highest BCUT2D eigenvalue weighted by atomic mass is 16.6. The molecule has 2 amide bonds. The first-order chi connectivity index (χ1) is 25.7. The number of methoxy groups -OCH3 is 3. The molecule has 0 unspecified atom stereocenters. The van der Waals surface area contributed by atoms with Gasteiger partial charge >= 0.3 is 5.97 Å². The van der Waals surface area contributed by atoms with Gasteiger partial charge in [-0.25, -0.2) is 4.79 Å². The molecule has 7 rings (SSSR count). The molecular formula is C40H40N4O9. The molecule has 3 aromatic carbocycles. The van der Waals surface area contributed by atoms with Gasteiger partial charge in [0.25, 0.3) is 11.8 Å². The van der Waals surface area contributed by atoms with Crippen LogP contribution < -0.4 is 23.7 Å². The Labute approximate surface area is 307 Å². The van der Waals surface area contributed by atoms with Crippen molar-refractivity contribution in [3.63, 3.8) is 0 Å². The molecule has 0 aromatic heterocycles. The van der Waals surface area contributed by atoms with E-state index in [1.165, 1.54) is 26.9 Å². The van der Waals surface area contributed by atoms with Crippen LogP contribution in [0.25, 0.3) is 0 Å². The summed E-state index contributed by atoms with van der Waals surface area (Å²) in [5.74, 6) is 1.18. The fourth-order valence-corrected chi connectivity index (χ4v) is 6.87. The van der Waals surface area contributed by atoms with E-state index in [2.05, 4.69) is 16.6 Å². The van der Waals surface area contributed by atoms with Crippen molar-refractivity contribution in [1.29, 1.82) is 0 Å². The summed E-state index contributed by atoms with van der Waals surface area (Å²) in [5, 5.41) is 0. The number of hydrogen-bond donors (Lipinski definition) is 0. The van der Waals surface area contributed by atoms with E-state index in [1.54, 1.807) is 47.5 Å². The van der Waals surface area contributed by atoms with Crippen molar-refractivity contribution < 1.29 is 42.8 Å². The number of ether oxygens (including phenoxy) is 6. The Morgan fingerprint density at radius 2 is 1.30 bits per heavy atom. The number of hydrogen-bond acceptors (Lipinski definition) is 11. The van der Waals surface area contributed by atoms with Gasteiger partial charge in [0.15, 0.2) is 29.6 Å². The van der Waals surface area contributed by atoms with Crippen LogP contribution in [0.5, 0.6) is 28.7 Å². The van der Waals surface area contributed by atoms with Crippen LogP contribution in [0.15, 0.2) is 76.3 Å². The van der Waals surface area contributed by atoms with Crippen molar-refractivity contribution in [2.75, 3.05) is 41.0 Å². The monoisotopic (exact) mass is 720 g/mol. The number of carbonyl (C=O) groups excluding carboxylic acids is 3. The van der Waals surface area contributed by atoms with Gasteiger partial charge in [-0.3, -0.25) is 19.6 Å². The second-order valence-corrected chi connectivity index (χ2v) is 13.1. The summed E-state index contributed by atoms with van der Waals surface area (Å²) >= 11 is 0. The molecule has 274 valence electrons. The van der Waals surface area contributed by atoms with Gasteiger partial charge in [0.1, 0.15) is 19.0 Å². The predicted octanol–water partition coefficient (Wildman–Crippen LogP) is 5.78. The quantitative estimate of drug-likeness (QED) is 0.178. The molecule has 4 heterocycles. The van der Waals surface area contributed by atoms with Gasteiger partial charge in [0.2, 0.25) is 0 Å². The number of nitrogens with zero attached hydrogens (tertiary/aromatic N) is 4. The molecule has 0 saturated carbocycles. The molecule has 4 aliphatic rings. The number of allylic oxidation sites excluding steroid dienone is 1. The minimum atomic E-state index is -0.536. The van der Waals surface area contributed by atoms with Crippen LogP contribution in [0.3, 0.4) is 0 Å². The fraction of sp³-hybridized carbons (Fsp3) is 0.325. The van der Waals surface area contributed by atoms with Crippen LogP contribution in [0.2, 0.25) is 0 Å². The molecular weight excluding hydrogens is 680 g/mol. The summed E-state index contributed by atoms with van der Waals surface area (Å²) in [7, 11) is 4.32. The SMILES string of the molecule is C=C1C[C@H]2C=Nc3cc(OCc4cc(COc5cc6c(cc5OC)C(=O)N5C/C(=C/C)C[C@H]5C=N6)cc(OCC(=O)OC)c4)c(OC)cc3C(=O)N2C1. The molecule has 0 aliphatic carbocycles. The summed E-state index contributed by atoms with van der Waals surface area (Å²) < 4.78 is 34.3. The van der Waals surface area contributed by atoms with Crippen molar-refractivity contribution in [3.8, 4) is 28.7 Å². The van der Waals surface area contributed by atoms with Gasteiger partial charge in [0.05, 0.1) is 55.9 Å². The van der Waals surface area contributed by atoms with Crippen LogP contribution in [-0.4, -0.2) is 93.1 Å². The van der Waals surface area contributed by atoms with Crippen LogP contribution in [-0.2, 0) is 22.7 Å². The average Bonchev–Trinajstić information content (AvgIpc) is 3.71. The van der Waals surface area contributed by atoms with Gasteiger partial charge in [-0.2, -0.15) is 0 Å². The molecule has 53 heavy (non-hydrogen) atoms. The maximum absolute atomic E-state index is 13.5. The van der Waals surface area contributed by atoms with E-state index < -0.39 is 5.97 Å². The van der Waals surface area contributed by atoms with Crippen LogP contribution >= 0.6 is 0 Å². The van der Waals surface area contributed by atoms with Crippen LogP contribution in [0.4, 0.5) is 11.4 Å². The normalized spacial score (nSPS) is 19.2. The lowest BCUT2D eigenvalue weighted by Crippen LogP contribution is -2.35. The van der Waals surface area contributed by atoms with Crippen molar-refractivity contribution in [1.82, 2.24) is 9.80 Å². The summed E-state index contributed by atoms with van der Waals surface area (Å²) in [4.78, 5) is 51.7. The highest BCUT2D eigenvalue weighted by Crippen LogP contribution is 2.41. The Morgan fingerprint density at radius 1 is 0.755 bits per heavy atom. The third-order valence-electron chi connectivity index (χ3n) is 9.66. The van der Waals surface area contributed by atoms with E-state index >= 15 is 0 Å². The maximum Gasteiger partial charge on any atom is 0.343 e. The van der Waals surface area contributed by atoms with E-state index in [0.717, 1.165) is 12.0 Å². The Balaban J connectivity index is 1.12. The first kappa shape index (κ1) is 35.3. The van der Waals surface area contributed by atoms with Gasteiger partial charge < -0.3 is 38.2 Å². The molecule has 2 atom stereocenters. The smallest absolute Gasteiger partial charge is 0.343 e. The van der Waals surface area contributed by atoms with E-state index in [1.807, 2.05) is 30.2 Å². The zero-order valence-corrected chi connectivity index (χ0v) is 30.0. The molecule has 0 bridgehead atoms. The topological polar surface area (TPSA) is 138 Å². The number of benzene rings is 3. The zero-order chi connectivity index (χ0) is 37.2. The lowest BCUT2D eigenvalue weighted by atomic mass is 10.1. The van der Waals surface area contributed by atoms with Crippen LogP contribution in [0.1, 0.15) is 51.6 Å². The highest BCUT2D eigenvalue weighted by molar-refractivity contribution is 6.04. The minimum Gasteiger partial charge on any atom is -0.493 e. The number of aliphatic imine (C=N–C) groups is 2. The van der Waals surface area contributed by atoms with Gasteiger partial charge in [-0.1, -0.05) is 23.8 Å². The Morgan fingerprint density at radius 3 is 1.83 bits per heavy atom. The van der Waals surface area contributed by atoms with Gasteiger partial charge in [0, 0.05) is 37.7 Å². The van der Waals surface area contributed by atoms with Crippen molar-refractivity contribution in [2.45, 2.75) is 45.1 Å². The number of carbonyl (C=O) groups is 3. The molecule has 2 saturated heterocycles. The Hall–Kier alpha value is -6.11. The fourth-order valence-electron chi connectivity index (χ4n) is 6.87.